The maximum absolute atomic E-state index is 6.36. The molecule has 1 aliphatic carbocycles. The fourth-order valence-corrected chi connectivity index (χ4v) is 17.4. The highest BCUT2D eigenvalue weighted by Gasteiger charge is 2.48. The first-order valence-corrected chi connectivity index (χ1v) is 12.4. The molecule has 0 bridgehead atoms. The first-order valence-electron chi connectivity index (χ1n) is 5.22. The monoisotopic (exact) mass is 254 g/mol. The zero-order valence-electron chi connectivity index (χ0n) is 7.77. The Morgan fingerprint density at radius 2 is 1.85 bits per heavy atom. The van der Waals surface area contributed by atoms with E-state index in [2.05, 4.69) is 0 Å². The Morgan fingerprint density at radius 1 is 1.15 bits per heavy atom. The van der Waals surface area contributed by atoms with Gasteiger partial charge in [0.25, 0.3) is 0 Å². The lowest BCUT2D eigenvalue weighted by atomic mass is 10.4. The van der Waals surface area contributed by atoms with Gasteiger partial charge in [-0.2, -0.15) is 0 Å². The fraction of sp³-hybridized carbons (Fsp3) is 1.00. The van der Waals surface area contributed by atoms with Gasteiger partial charge in [-0.15, -0.1) is 22.2 Å². The summed E-state index contributed by atoms with van der Waals surface area (Å²) < 4.78 is 5.62. The van der Waals surface area contributed by atoms with Crippen LogP contribution in [0.25, 0.3) is 0 Å². The van der Waals surface area contributed by atoms with E-state index in [0.29, 0.717) is 0 Å². The van der Waals surface area contributed by atoms with Gasteiger partial charge in [0.15, 0.2) is 0 Å². The maximum atomic E-state index is 6.36. The molecule has 0 N–H and O–H groups in total. The minimum Gasteiger partial charge on any atom is -0.395 e. The van der Waals surface area contributed by atoms with Gasteiger partial charge in [-0.1, -0.05) is 31.7 Å². The quantitative estimate of drug-likeness (QED) is 0.517. The van der Waals surface area contributed by atoms with Crippen molar-refractivity contribution in [2.45, 2.75) is 43.7 Å². The molecule has 5 heteroatoms. The Labute approximate surface area is 91.7 Å². The topological polar surface area (TPSA) is 9.23 Å². The average Bonchev–Trinajstić information content (AvgIpc) is 2.55. The molecule has 2 fully saturated rings. The van der Waals surface area contributed by atoms with Crippen LogP contribution in [-0.2, 0) is 4.43 Å². The minimum atomic E-state index is -2.20. The highest BCUT2D eigenvalue weighted by atomic mass is 35.7. The highest BCUT2D eigenvalue weighted by Crippen LogP contribution is 2.42. The van der Waals surface area contributed by atoms with Crippen molar-refractivity contribution in [1.29, 1.82) is 0 Å². The van der Waals surface area contributed by atoms with E-state index in [-0.39, 0.29) is 0 Å². The normalized spacial score (nSPS) is 35.1. The van der Waals surface area contributed by atoms with E-state index in [1.165, 1.54) is 38.1 Å². The van der Waals surface area contributed by atoms with Crippen LogP contribution in [0.3, 0.4) is 0 Å². The van der Waals surface area contributed by atoms with Crippen LogP contribution in [0.4, 0.5) is 0 Å². The van der Waals surface area contributed by atoms with Crippen molar-refractivity contribution in [2.24, 2.45) is 0 Å². The summed E-state index contributed by atoms with van der Waals surface area (Å²) in [6.07, 6.45) is 6.77. The molecule has 0 aromatic carbocycles. The van der Waals surface area contributed by atoms with Crippen LogP contribution >= 0.6 is 22.2 Å². The molecule has 2 rings (SSSR count). The van der Waals surface area contributed by atoms with E-state index in [0.717, 1.165) is 12.1 Å². The molecule has 1 atom stereocenters. The summed E-state index contributed by atoms with van der Waals surface area (Å²) in [7, 11) is -0.940. The SMILES string of the molecule is Cl[Si]1(Cl)OCCC[SiH]1C1CCCC1. The van der Waals surface area contributed by atoms with Gasteiger partial charge < -0.3 is 4.43 Å². The summed E-state index contributed by atoms with van der Waals surface area (Å²) in [6.45, 7) is -1.39. The largest absolute Gasteiger partial charge is 0.395 e. The second kappa shape index (κ2) is 4.23. The Kier molecular flexibility index (Phi) is 3.41. The zero-order chi connectivity index (χ0) is 9.31. The summed E-state index contributed by atoms with van der Waals surface area (Å²) in [5.41, 5.74) is 0.905. The van der Waals surface area contributed by atoms with Crippen LogP contribution in [0.5, 0.6) is 0 Å². The predicted octanol–water partition coefficient (Wildman–Crippen LogP) is 3.07. The van der Waals surface area contributed by atoms with E-state index < -0.39 is 14.8 Å². The lowest BCUT2D eigenvalue weighted by Gasteiger charge is -2.34. The molecule has 0 radical (unpaired) electrons. The Bertz CT molecular complexity index is 183. The Hall–Kier alpha value is 0.974. The van der Waals surface area contributed by atoms with Crippen molar-refractivity contribution in [1.82, 2.24) is 0 Å². The molecule has 1 nitrogen and oxygen atoms in total. The minimum absolute atomic E-state index is 0.815. The van der Waals surface area contributed by atoms with Gasteiger partial charge in [-0.05, 0) is 12.0 Å². The van der Waals surface area contributed by atoms with Gasteiger partial charge in [0.05, 0.1) is 0 Å². The molecule has 1 saturated carbocycles. The van der Waals surface area contributed by atoms with E-state index in [1.54, 1.807) is 0 Å². The van der Waals surface area contributed by atoms with Crippen LogP contribution in [-0.4, -0.2) is 21.4 Å². The van der Waals surface area contributed by atoms with Crippen LogP contribution in [0, 0.1) is 0 Å². The first kappa shape index (κ1) is 10.5. The van der Waals surface area contributed by atoms with Crippen molar-refractivity contribution in [3.8, 4) is 0 Å². The van der Waals surface area contributed by atoms with Gasteiger partial charge in [0.1, 0.15) is 8.31 Å². The lowest BCUT2D eigenvalue weighted by Crippen LogP contribution is -2.50. The van der Waals surface area contributed by atoms with Crippen molar-refractivity contribution in [2.75, 3.05) is 6.61 Å². The summed E-state index contributed by atoms with van der Waals surface area (Å²) in [6, 6.07) is 1.34. The van der Waals surface area contributed by atoms with Gasteiger partial charge in [-0.3, -0.25) is 0 Å². The third-order valence-corrected chi connectivity index (χ3v) is 18.7. The number of hydrogen-bond donors (Lipinski definition) is 0. The van der Waals surface area contributed by atoms with Crippen molar-refractivity contribution in [3.63, 3.8) is 0 Å². The molecule has 13 heavy (non-hydrogen) atoms. The van der Waals surface area contributed by atoms with Crippen molar-refractivity contribution < 1.29 is 4.43 Å². The lowest BCUT2D eigenvalue weighted by molar-refractivity contribution is 0.324. The average molecular weight is 255 g/mol. The molecule has 0 aromatic rings. The van der Waals surface area contributed by atoms with Crippen LogP contribution in [0.15, 0.2) is 0 Å². The van der Waals surface area contributed by atoms with Gasteiger partial charge in [-0.25, -0.2) is 0 Å². The van der Waals surface area contributed by atoms with E-state index in [4.69, 9.17) is 26.6 Å². The molecule has 0 amide bonds. The Morgan fingerprint density at radius 3 is 2.46 bits per heavy atom. The summed E-state index contributed by atoms with van der Waals surface area (Å²) >= 11 is 12.7. The molecule has 1 aliphatic heterocycles. The van der Waals surface area contributed by atoms with Gasteiger partial charge in [0, 0.05) is 6.61 Å². The summed E-state index contributed by atoms with van der Waals surface area (Å²) in [5, 5.41) is 0. The third kappa shape index (κ3) is 2.32. The van der Waals surface area contributed by atoms with Gasteiger partial charge in [0.2, 0.25) is 0 Å². The number of rotatable bonds is 1. The second-order valence-electron chi connectivity index (χ2n) is 4.20. The molecular weight excluding hydrogens is 239 g/mol. The standard InChI is InChI=1S/C8H16Cl2OSi2/c9-13(10)11-6-3-7-12(13)8-4-1-2-5-8/h8,12H,1-7H2. The molecule has 1 heterocycles. The zero-order valence-corrected chi connectivity index (χ0v) is 11.4. The maximum Gasteiger partial charge on any atom is 0.363 e. The third-order valence-electron chi connectivity index (χ3n) is 3.35. The Balaban J connectivity index is 2.02. The smallest absolute Gasteiger partial charge is 0.363 e. The molecule has 1 unspecified atom stereocenters. The number of halogens is 2. The molecule has 0 spiro atoms. The summed E-state index contributed by atoms with van der Waals surface area (Å²) in [5.74, 6) is 0. The second-order valence-corrected chi connectivity index (χ2v) is 19.2. The molecule has 2 aliphatic rings. The van der Waals surface area contributed by atoms with Crippen molar-refractivity contribution in [3.05, 3.63) is 0 Å². The molecular formula is C8H16Cl2OSi2. The van der Waals surface area contributed by atoms with Crippen molar-refractivity contribution >= 4 is 36.9 Å². The van der Waals surface area contributed by atoms with Crippen LogP contribution in [0.1, 0.15) is 32.1 Å². The predicted molar refractivity (Wildman–Crippen MR) is 62.2 cm³/mol. The first-order chi connectivity index (χ1) is 6.20. The molecule has 76 valence electrons. The molecule has 0 aromatic heterocycles. The van der Waals surface area contributed by atoms with Gasteiger partial charge >= 0.3 is 6.45 Å². The van der Waals surface area contributed by atoms with E-state index in [1.807, 2.05) is 0 Å². The fourth-order valence-electron chi connectivity index (χ4n) is 2.66. The van der Waals surface area contributed by atoms with Crippen LogP contribution < -0.4 is 0 Å². The molecule has 1 saturated heterocycles. The summed E-state index contributed by atoms with van der Waals surface area (Å²) in [4.78, 5) is 0. The number of hydrogen-bond acceptors (Lipinski definition) is 1. The van der Waals surface area contributed by atoms with Crippen LogP contribution in [0.2, 0.25) is 11.6 Å². The van der Waals surface area contributed by atoms with E-state index >= 15 is 0 Å². The van der Waals surface area contributed by atoms with E-state index in [9.17, 15) is 0 Å². The highest BCUT2D eigenvalue weighted by molar-refractivity contribution is 7.68.